The Labute approximate surface area is 94.4 Å². The molecule has 0 N–H and O–H groups in total. The third kappa shape index (κ3) is 1.32. The van der Waals surface area contributed by atoms with Crippen LogP contribution in [0.25, 0.3) is 0 Å². The molecule has 1 aliphatic heterocycles. The minimum absolute atomic E-state index is 0.236. The number of likely N-dealkylation sites (N-methyl/N-ethyl adjacent to an activating group) is 2. The fourth-order valence-corrected chi connectivity index (χ4v) is 1.80. The van der Waals surface area contributed by atoms with Crippen molar-refractivity contribution in [1.82, 2.24) is 9.80 Å². The number of hydrogen-bond acceptors (Lipinski definition) is 4. The first-order valence-corrected chi connectivity index (χ1v) is 5.04. The second-order valence-corrected chi connectivity index (χ2v) is 5.51. The Morgan fingerprint density at radius 1 is 0.929 bits per heavy atom. The van der Waals surface area contributed by atoms with Gasteiger partial charge in [-0.15, -0.1) is 25.3 Å². The molecule has 4 nitrogen and oxygen atoms in total. The van der Waals surface area contributed by atoms with Crippen LogP contribution in [0.5, 0.6) is 0 Å². The topological polar surface area (TPSA) is 40.6 Å². The van der Waals surface area contributed by atoms with E-state index in [-0.39, 0.29) is 11.8 Å². The van der Waals surface area contributed by atoms with Crippen LogP contribution in [0.1, 0.15) is 13.8 Å². The van der Waals surface area contributed by atoms with Gasteiger partial charge in [0, 0.05) is 14.1 Å². The lowest BCUT2D eigenvalue weighted by Crippen LogP contribution is -2.69. The maximum Gasteiger partial charge on any atom is 0.259 e. The standard InChI is InChI=1S/C8H14N2O2S2/c1-7(13)5(11)10(4)8(2,14)6(12)9(7)3/h13-14H,1-4H3. The van der Waals surface area contributed by atoms with Crippen LogP contribution in [0, 0.1) is 0 Å². The van der Waals surface area contributed by atoms with E-state index in [1.54, 1.807) is 27.9 Å². The monoisotopic (exact) mass is 234 g/mol. The van der Waals surface area contributed by atoms with Gasteiger partial charge in [-0.1, -0.05) is 0 Å². The van der Waals surface area contributed by atoms with Crippen molar-refractivity contribution < 1.29 is 9.59 Å². The molecule has 1 aliphatic rings. The first kappa shape index (κ1) is 11.7. The summed E-state index contributed by atoms with van der Waals surface area (Å²) < 4.78 is 0. The van der Waals surface area contributed by atoms with E-state index in [4.69, 9.17) is 0 Å². The molecule has 80 valence electrons. The number of rotatable bonds is 0. The molecule has 0 aliphatic carbocycles. The molecule has 0 aromatic carbocycles. The first-order valence-electron chi connectivity index (χ1n) is 4.14. The van der Waals surface area contributed by atoms with Gasteiger partial charge in [0.05, 0.1) is 0 Å². The highest BCUT2D eigenvalue weighted by Gasteiger charge is 2.53. The molecule has 0 bridgehead atoms. The van der Waals surface area contributed by atoms with Gasteiger partial charge in [-0.25, -0.2) is 0 Å². The van der Waals surface area contributed by atoms with Crippen molar-refractivity contribution in [1.29, 1.82) is 0 Å². The van der Waals surface area contributed by atoms with Crippen LogP contribution in [-0.4, -0.2) is 45.5 Å². The minimum atomic E-state index is -1.09. The minimum Gasteiger partial charge on any atom is -0.320 e. The van der Waals surface area contributed by atoms with Gasteiger partial charge in [0.1, 0.15) is 0 Å². The SMILES string of the molecule is CN1C(=O)C(C)(S)N(C)C(=O)C1(C)S. The van der Waals surface area contributed by atoms with E-state index in [9.17, 15) is 9.59 Å². The molecule has 2 unspecified atom stereocenters. The molecule has 0 spiro atoms. The van der Waals surface area contributed by atoms with Gasteiger partial charge < -0.3 is 9.80 Å². The molecule has 1 saturated heterocycles. The molecule has 0 aromatic rings. The highest BCUT2D eigenvalue weighted by Crippen LogP contribution is 2.35. The van der Waals surface area contributed by atoms with Crippen molar-refractivity contribution >= 4 is 37.1 Å². The molecule has 0 aromatic heterocycles. The quantitative estimate of drug-likeness (QED) is 0.588. The molecular weight excluding hydrogens is 220 g/mol. The lowest BCUT2D eigenvalue weighted by Gasteiger charge is -2.49. The van der Waals surface area contributed by atoms with Gasteiger partial charge in [0.2, 0.25) is 0 Å². The molecule has 1 heterocycles. The summed E-state index contributed by atoms with van der Waals surface area (Å²) in [5.74, 6) is -0.471. The number of nitrogens with zero attached hydrogens (tertiary/aromatic N) is 2. The maximum absolute atomic E-state index is 11.8. The third-order valence-electron chi connectivity index (χ3n) is 2.73. The zero-order valence-corrected chi connectivity index (χ0v) is 10.4. The van der Waals surface area contributed by atoms with Crippen LogP contribution >= 0.6 is 25.3 Å². The van der Waals surface area contributed by atoms with Gasteiger partial charge in [-0.2, -0.15) is 0 Å². The Morgan fingerprint density at radius 2 is 1.14 bits per heavy atom. The summed E-state index contributed by atoms with van der Waals surface area (Å²) in [4.78, 5) is 24.1. The molecule has 6 heteroatoms. The fourth-order valence-electron chi connectivity index (χ4n) is 1.32. The zero-order valence-electron chi connectivity index (χ0n) is 8.61. The van der Waals surface area contributed by atoms with E-state index < -0.39 is 9.74 Å². The summed E-state index contributed by atoms with van der Waals surface area (Å²) in [6.07, 6.45) is 0. The molecular formula is C8H14N2O2S2. The lowest BCUT2D eigenvalue weighted by molar-refractivity contribution is -0.161. The maximum atomic E-state index is 11.8. The van der Waals surface area contributed by atoms with E-state index in [2.05, 4.69) is 25.3 Å². The molecule has 1 rings (SSSR count). The van der Waals surface area contributed by atoms with Crippen molar-refractivity contribution in [3.63, 3.8) is 0 Å². The van der Waals surface area contributed by atoms with Gasteiger partial charge in [0.25, 0.3) is 11.8 Å². The van der Waals surface area contributed by atoms with E-state index in [0.29, 0.717) is 0 Å². The van der Waals surface area contributed by atoms with E-state index >= 15 is 0 Å². The summed E-state index contributed by atoms with van der Waals surface area (Å²) >= 11 is 8.37. The molecule has 2 atom stereocenters. The van der Waals surface area contributed by atoms with E-state index in [0.717, 1.165) is 0 Å². The van der Waals surface area contributed by atoms with Crippen molar-refractivity contribution in [2.75, 3.05) is 14.1 Å². The molecule has 0 radical (unpaired) electrons. The van der Waals surface area contributed by atoms with Crippen molar-refractivity contribution in [3.05, 3.63) is 0 Å². The normalized spacial score (nSPS) is 39.3. The molecule has 14 heavy (non-hydrogen) atoms. The average molecular weight is 234 g/mol. The van der Waals surface area contributed by atoms with Crippen LogP contribution in [-0.2, 0) is 9.59 Å². The van der Waals surface area contributed by atoms with Gasteiger partial charge >= 0.3 is 0 Å². The summed E-state index contributed by atoms with van der Waals surface area (Å²) in [5, 5.41) is 0. The third-order valence-corrected chi connectivity index (χ3v) is 3.71. The zero-order chi connectivity index (χ0) is 11.3. The summed E-state index contributed by atoms with van der Waals surface area (Å²) in [6.45, 7) is 3.19. The van der Waals surface area contributed by atoms with Gasteiger partial charge in [-0.3, -0.25) is 9.59 Å². The van der Waals surface area contributed by atoms with Crippen molar-refractivity contribution in [2.45, 2.75) is 23.6 Å². The number of carbonyl (C=O) groups is 2. The summed E-state index contributed by atoms with van der Waals surface area (Å²) in [6, 6.07) is 0. The van der Waals surface area contributed by atoms with Crippen LogP contribution in [0.15, 0.2) is 0 Å². The lowest BCUT2D eigenvalue weighted by atomic mass is 10.1. The fraction of sp³-hybridized carbons (Fsp3) is 0.750. The predicted octanol–water partition coefficient (Wildman–Crippen LogP) is 0.209. The Morgan fingerprint density at radius 3 is 1.36 bits per heavy atom. The van der Waals surface area contributed by atoms with Crippen molar-refractivity contribution in [2.24, 2.45) is 0 Å². The molecule has 0 saturated carbocycles. The van der Waals surface area contributed by atoms with Crippen LogP contribution in [0.3, 0.4) is 0 Å². The molecule has 2 amide bonds. The number of hydrogen-bond donors (Lipinski definition) is 2. The highest BCUT2D eigenvalue weighted by molar-refractivity contribution is 7.83. The van der Waals surface area contributed by atoms with E-state index in [1.807, 2.05) is 0 Å². The Kier molecular flexibility index (Phi) is 2.56. The summed E-state index contributed by atoms with van der Waals surface area (Å²) in [7, 11) is 3.10. The number of carbonyl (C=O) groups excluding carboxylic acids is 2. The van der Waals surface area contributed by atoms with Crippen molar-refractivity contribution in [3.8, 4) is 0 Å². The largest absolute Gasteiger partial charge is 0.320 e. The highest BCUT2D eigenvalue weighted by atomic mass is 32.1. The van der Waals surface area contributed by atoms with Crippen LogP contribution in [0.2, 0.25) is 0 Å². The predicted molar refractivity (Wildman–Crippen MR) is 60.3 cm³/mol. The Hall–Kier alpha value is -0.360. The van der Waals surface area contributed by atoms with Gasteiger partial charge in [0.15, 0.2) is 9.74 Å². The van der Waals surface area contributed by atoms with Crippen LogP contribution < -0.4 is 0 Å². The Bertz CT molecular complexity index is 272. The Balaban J connectivity index is 3.21. The van der Waals surface area contributed by atoms with Crippen LogP contribution in [0.4, 0.5) is 0 Å². The smallest absolute Gasteiger partial charge is 0.259 e. The van der Waals surface area contributed by atoms with Gasteiger partial charge in [-0.05, 0) is 13.8 Å². The number of piperazine rings is 1. The second kappa shape index (κ2) is 3.06. The first-order chi connectivity index (χ1) is 6.13. The molecule has 1 fully saturated rings. The summed E-state index contributed by atoms with van der Waals surface area (Å²) in [5.41, 5.74) is 0. The number of thiol groups is 2. The number of amides is 2. The average Bonchev–Trinajstić information content (AvgIpc) is 2.11. The van der Waals surface area contributed by atoms with E-state index in [1.165, 1.54) is 9.80 Å². The second-order valence-electron chi connectivity index (χ2n) is 3.77.